The Morgan fingerprint density at radius 3 is 2.56 bits per heavy atom. The third-order valence-electron chi connectivity index (χ3n) is 3.39. The third kappa shape index (κ3) is 2.02. The van der Waals surface area contributed by atoms with Gasteiger partial charge in [-0.2, -0.15) is 5.10 Å². The van der Waals surface area contributed by atoms with Crippen LogP contribution in [0.2, 0.25) is 0 Å². The van der Waals surface area contributed by atoms with Crippen molar-refractivity contribution in [1.29, 1.82) is 0 Å². The van der Waals surface area contributed by atoms with Crippen molar-refractivity contribution < 1.29 is 0 Å². The van der Waals surface area contributed by atoms with Crippen LogP contribution in [0.4, 0.5) is 0 Å². The van der Waals surface area contributed by atoms with Crippen LogP contribution in [-0.2, 0) is 6.42 Å². The molecule has 0 aliphatic heterocycles. The maximum atomic E-state index is 4.45. The summed E-state index contributed by atoms with van der Waals surface area (Å²) in [7, 11) is 0. The zero-order valence-electron chi connectivity index (χ0n) is 10.4. The van der Waals surface area contributed by atoms with Gasteiger partial charge in [0.05, 0.1) is 5.69 Å². The average molecular weight is 236 g/mol. The van der Waals surface area contributed by atoms with E-state index in [1.165, 1.54) is 16.8 Å². The van der Waals surface area contributed by atoms with Crippen LogP contribution >= 0.6 is 0 Å². The quantitative estimate of drug-likeness (QED) is 0.865. The number of nitrogens with one attached hydrogen (secondary N) is 1. The molecule has 0 fully saturated rings. The van der Waals surface area contributed by atoms with Gasteiger partial charge < -0.3 is 0 Å². The molecule has 0 saturated carbocycles. The number of benzene rings is 1. The summed E-state index contributed by atoms with van der Waals surface area (Å²) in [4.78, 5) is 0. The number of hydrogen-bond donors (Lipinski definition) is 1. The minimum atomic E-state index is 0.503. The number of aromatic nitrogens is 2. The minimum Gasteiger partial charge on any atom is -0.282 e. The number of H-pyrrole nitrogens is 1. The van der Waals surface area contributed by atoms with Crippen molar-refractivity contribution >= 4 is 0 Å². The molecule has 1 aromatic heterocycles. The molecular weight excluding hydrogens is 220 g/mol. The van der Waals surface area contributed by atoms with Gasteiger partial charge in [0, 0.05) is 16.8 Å². The molecule has 1 aromatic carbocycles. The molecule has 2 aromatic rings. The average Bonchev–Trinajstić information content (AvgIpc) is 3.03. The topological polar surface area (TPSA) is 28.7 Å². The van der Waals surface area contributed by atoms with E-state index in [1.807, 2.05) is 6.07 Å². The van der Waals surface area contributed by atoms with E-state index >= 15 is 0 Å². The van der Waals surface area contributed by atoms with Crippen molar-refractivity contribution in [3.63, 3.8) is 0 Å². The lowest BCUT2D eigenvalue weighted by Crippen LogP contribution is -1.98. The number of rotatable bonds is 3. The third-order valence-corrected chi connectivity index (χ3v) is 3.39. The van der Waals surface area contributed by atoms with E-state index in [0.29, 0.717) is 5.92 Å². The molecule has 0 bridgehead atoms. The van der Waals surface area contributed by atoms with E-state index in [2.05, 4.69) is 65.7 Å². The normalized spacial score (nSPS) is 14.5. The van der Waals surface area contributed by atoms with Gasteiger partial charge in [0.15, 0.2) is 0 Å². The standard InChI is InChI=1S/C16H16N2/c1-12-15(11-13-7-5-6-8-13)16(18-17-12)14-9-3-2-4-10-14/h2-10,13H,11H2,1H3,(H,17,18). The van der Waals surface area contributed by atoms with Crippen LogP contribution in [-0.4, -0.2) is 10.2 Å². The lowest BCUT2D eigenvalue weighted by atomic mass is 9.96. The Balaban J connectivity index is 1.96. The summed E-state index contributed by atoms with van der Waals surface area (Å²) in [5.74, 6) is 0.503. The predicted octanol–water partition coefficient (Wildman–Crippen LogP) is 3.67. The van der Waals surface area contributed by atoms with Gasteiger partial charge in [-0.25, -0.2) is 0 Å². The second kappa shape index (κ2) is 4.65. The van der Waals surface area contributed by atoms with E-state index in [-0.39, 0.29) is 0 Å². The predicted molar refractivity (Wildman–Crippen MR) is 74.2 cm³/mol. The molecule has 18 heavy (non-hydrogen) atoms. The number of aromatic amines is 1. The molecule has 2 nitrogen and oxygen atoms in total. The highest BCUT2D eigenvalue weighted by Crippen LogP contribution is 2.27. The van der Waals surface area contributed by atoms with Gasteiger partial charge >= 0.3 is 0 Å². The minimum absolute atomic E-state index is 0.503. The molecule has 1 heterocycles. The van der Waals surface area contributed by atoms with Crippen LogP contribution in [0.5, 0.6) is 0 Å². The van der Waals surface area contributed by atoms with Crippen molar-refractivity contribution in [1.82, 2.24) is 10.2 Å². The summed E-state index contributed by atoms with van der Waals surface area (Å²) in [6.45, 7) is 2.09. The largest absolute Gasteiger partial charge is 0.282 e. The Bertz CT molecular complexity index is 579. The monoisotopic (exact) mass is 236 g/mol. The smallest absolute Gasteiger partial charge is 0.0955 e. The number of aryl methyl sites for hydroxylation is 1. The molecule has 0 amide bonds. The second-order valence-corrected chi connectivity index (χ2v) is 4.68. The molecule has 1 aliphatic carbocycles. The molecule has 2 heteroatoms. The maximum absolute atomic E-state index is 4.45. The lowest BCUT2D eigenvalue weighted by molar-refractivity contribution is 0.812. The SMILES string of the molecule is Cc1[nH]nc(-c2ccccc2)c1CC1C=CC=C1. The maximum Gasteiger partial charge on any atom is 0.0955 e. The first-order valence-electron chi connectivity index (χ1n) is 6.29. The molecule has 0 radical (unpaired) electrons. The first kappa shape index (κ1) is 11.0. The van der Waals surface area contributed by atoms with Gasteiger partial charge in [0.1, 0.15) is 0 Å². The highest BCUT2D eigenvalue weighted by atomic mass is 15.1. The number of nitrogens with zero attached hydrogens (tertiary/aromatic N) is 1. The first-order chi connectivity index (χ1) is 8.84. The van der Waals surface area contributed by atoms with Crippen molar-refractivity contribution in [2.75, 3.05) is 0 Å². The van der Waals surface area contributed by atoms with Gasteiger partial charge in [-0.3, -0.25) is 5.10 Å². The summed E-state index contributed by atoms with van der Waals surface area (Å²) in [5, 5.41) is 7.57. The number of hydrogen-bond acceptors (Lipinski definition) is 1. The molecule has 90 valence electrons. The van der Waals surface area contributed by atoms with Gasteiger partial charge in [-0.15, -0.1) is 0 Å². The summed E-state index contributed by atoms with van der Waals surface area (Å²) >= 11 is 0. The van der Waals surface area contributed by atoms with E-state index in [0.717, 1.165) is 12.1 Å². The first-order valence-corrected chi connectivity index (χ1v) is 6.29. The van der Waals surface area contributed by atoms with Crippen LogP contribution in [0.25, 0.3) is 11.3 Å². The second-order valence-electron chi connectivity index (χ2n) is 4.68. The lowest BCUT2D eigenvalue weighted by Gasteiger charge is -2.07. The Morgan fingerprint density at radius 1 is 1.11 bits per heavy atom. The van der Waals surface area contributed by atoms with Gasteiger partial charge in [-0.1, -0.05) is 54.6 Å². The summed E-state index contributed by atoms with van der Waals surface area (Å²) in [5.41, 5.74) is 4.76. The highest BCUT2D eigenvalue weighted by Gasteiger charge is 2.15. The fourth-order valence-corrected chi connectivity index (χ4v) is 2.39. The Hall–Kier alpha value is -2.09. The van der Waals surface area contributed by atoms with Crippen LogP contribution < -0.4 is 0 Å². The summed E-state index contributed by atoms with van der Waals surface area (Å²) in [6.07, 6.45) is 9.71. The van der Waals surface area contributed by atoms with Crippen LogP contribution in [0, 0.1) is 12.8 Å². The summed E-state index contributed by atoms with van der Waals surface area (Å²) < 4.78 is 0. The van der Waals surface area contributed by atoms with E-state index < -0.39 is 0 Å². The molecule has 0 unspecified atom stereocenters. The Kier molecular flexibility index (Phi) is 2.85. The Labute approximate surface area is 107 Å². The molecule has 0 spiro atoms. The van der Waals surface area contributed by atoms with Crippen molar-refractivity contribution in [2.24, 2.45) is 5.92 Å². The molecule has 1 aliphatic rings. The van der Waals surface area contributed by atoms with E-state index in [9.17, 15) is 0 Å². The fourth-order valence-electron chi connectivity index (χ4n) is 2.39. The zero-order valence-corrected chi connectivity index (χ0v) is 10.4. The van der Waals surface area contributed by atoms with Crippen molar-refractivity contribution in [3.05, 3.63) is 65.9 Å². The van der Waals surface area contributed by atoms with Crippen molar-refractivity contribution in [2.45, 2.75) is 13.3 Å². The molecule has 0 atom stereocenters. The van der Waals surface area contributed by atoms with Crippen molar-refractivity contribution in [3.8, 4) is 11.3 Å². The Morgan fingerprint density at radius 2 is 1.83 bits per heavy atom. The van der Waals surface area contributed by atoms with E-state index in [4.69, 9.17) is 0 Å². The molecule has 3 rings (SSSR count). The van der Waals surface area contributed by atoms with Crippen LogP contribution in [0.1, 0.15) is 11.3 Å². The van der Waals surface area contributed by atoms with Gasteiger partial charge in [-0.05, 0) is 19.3 Å². The zero-order chi connectivity index (χ0) is 12.4. The van der Waals surface area contributed by atoms with E-state index in [1.54, 1.807) is 0 Å². The molecular formula is C16H16N2. The fraction of sp³-hybridized carbons (Fsp3) is 0.188. The van der Waals surface area contributed by atoms with Crippen LogP contribution in [0.15, 0.2) is 54.6 Å². The van der Waals surface area contributed by atoms with Crippen LogP contribution in [0.3, 0.4) is 0 Å². The van der Waals surface area contributed by atoms with Gasteiger partial charge in [0.25, 0.3) is 0 Å². The van der Waals surface area contributed by atoms with Gasteiger partial charge in [0.2, 0.25) is 0 Å². The molecule has 0 saturated heterocycles. The highest BCUT2D eigenvalue weighted by molar-refractivity contribution is 5.64. The molecule has 1 N–H and O–H groups in total. The number of allylic oxidation sites excluding steroid dienone is 4. The summed E-state index contributed by atoms with van der Waals surface area (Å²) in [6, 6.07) is 10.4.